The van der Waals surface area contributed by atoms with E-state index in [0.717, 1.165) is 13.0 Å². The number of likely N-dealkylation sites (tertiary alicyclic amines) is 1. The summed E-state index contributed by atoms with van der Waals surface area (Å²) in [6, 6.07) is 0.501. The summed E-state index contributed by atoms with van der Waals surface area (Å²) in [4.78, 5) is 2.29. The molecule has 0 aromatic heterocycles. The lowest BCUT2D eigenvalue weighted by Gasteiger charge is -2.36. The minimum absolute atomic E-state index is 0.127. The molecule has 0 unspecified atom stereocenters. The van der Waals surface area contributed by atoms with Crippen LogP contribution in [0.1, 0.15) is 27.2 Å². The number of aliphatic hydroxyl groups excluding tert-OH is 1. The Kier molecular flexibility index (Phi) is 2.76. The van der Waals surface area contributed by atoms with Crippen molar-refractivity contribution in [3.63, 3.8) is 0 Å². The molecule has 1 fully saturated rings. The van der Waals surface area contributed by atoms with Crippen LogP contribution in [0.15, 0.2) is 0 Å². The van der Waals surface area contributed by atoms with E-state index in [4.69, 9.17) is 10.8 Å². The molecular formula is C9H20N2O. The van der Waals surface area contributed by atoms with Gasteiger partial charge in [0.1, 0.15) is 0 Å². The molecule has 72 valence electrons. The molecule has 3 N–H and O–H groups in total. The van der Waals surface area contributed by atoms with Crippen molar-refractivity contribution in [2.24, 2.45) is 5.73 Å². The highest BCUT2D eigenvalue weighted by Crippen LogP contribution is 2.25. The Morgan fingerprint density at radius 2 is 2.08 bits per heavy atom. The first kappa shape index (κ1) is 9.96. The van der Waals surface area contributed by atoms with E-state index in [0.29, 0.717) is 0 Å². The fraction of sp³-hybridized carbons (Fsp3) is 1.00. The summed E-state index contributed by atoms with van der Waals surface area (Å²) in [6.45, 7) is 7.62. The number of rotatable bonds is 1. The SMILES string of the molecule is CC(C)(C)N1C[C@@H](N)C[C@H]1CO. The third-order valence-electron chi connectivity index (χ3n) is 2.52. The first-order valence-electron chi connectivity index (χ1n) is 4.58. The maximum atomic E-state index is 9.12. The normalized spacial score (nSPS) is 32.8. The fourth-order valence-corrected chi connectivity index (χ4v) is 1.95. The highest BCUT2D eigenvalue weighted by molar-refractivity contribution is 4.93. The van der Waals surface area contributed by atoms with Crippen LogP contribution in [0, 0.1) is 0 Å². The summed E-state index contributed by atoms with van der Waals surface area (Å²) in [5, 5.41) is 9.12. The first-order chi connectivity index (χ1) is 5.45. The van der Waals surface area contributed by atoms with Crippen LogP contribution in [0.5, 0.6) is 0 Å². The Hall–Kier alpha value is -0.120. The Bertz CT molecular complexity index is 153. The van der Waals surface area contributed by atoms with Gasteiger partial charge >= 0.3 is 0 Å². The molecule has 1 saturated heterocycles. The molecule has 2 atom stereocenters. The molecule has 0 spiro atoms. The molecule has 1 aliphatic heterocycles. The van der Waals surface area contributed by atoms with Crippen LogP contribution in [0.4, 0.5) is 0 Å². The molecule has 1 rings (SSSR count). The van der Waals surface area contributed by atoms with Crippen molar-refractivity contribution in [2.45, 2.75) is 44.8 Å². The first-order valence-corrected chi connectivity index (χ1v) is 4.58. The summed E-state index contributed by atoms with van der Waals surface area (Å²) >= 11 is 0. The van der Waals surface area contributed by atoms with E-state index in [-0.39, 0.29) is 24.2 Å². The summed E-state index contributed by atoms with van der Waals surface area (Å²) in [7, 11) is 0. The highest BCUT2D eigenvalue weighted by Gasteiger charge is 2.35. The maximum Gasteiger partial charge on any atom is 0.0587 e. The van der Waals surface area contributed by atoms with Crippen molar-refractivity contribution < 1.29 is 5.11 Å². The van der Waals surface area contributed by atoms with E-state index < -0.39 is 0 Å². The zero-order valence-electron chi connectivity index (χ0n) is 8.25. The Labute approximate surface area is 74.5 Å². The van der Waals surface area contributed by atoms with E-state index >= 15 is 0 Å². The summed E-state index contributed by atoms with van der Waals surface area (Å²) in [5.41, 5.74) is 5.96. The van der Waals surface area contributed by atoms with Crippen molar-refractivity contribution in [3.8, 4) is 0 Å². The van der Waals surface area contributed by atoms with Gasteiger partial charge in [-0.05, 0) is 27.2 Å². The average Bonchev–Trinajstić information content (AvgIpc) is 2.29. The number of nitrogens with zero attached hydrogens (tertiary/aromatic N) is 1. The van der Waals surface area contributed by atoms with E-state index in [1.165, 1.54) is 0 Å². The monoisotopic (exact) mass is 172 g/mol. The second-order valence-electron chi connectivity index (χ2n) is 4.66. The number of hydrogen-bond donors (Lipinski definition) is 2. The number of nitrogens with two attached hydrogens (primary N) is 1. The van der Waals surface area contributed by atoms with E-state index in [2.05, 4.69) is 25.7 Å². The lowest BCUT2D eigenvalue weighted by atomic mass is 10.1. The molecule has 0 saturated carbocycles. The second kappa shape index (κ2) is 3.32. The molecule has 0 aromatic carbocycles. The molecule has 3 heteroatoms. The zero-order chi connectivity index (χ0) is 9.35. The van der Waals surface area contributed by atoms with Gasteiger partial charge < -0.3 is 10.8 Å². The van der Waals surface area contributed by atoms with Gasteiger partial charge in [0.2, 0.25) is 0 Å². The summed E-state index contributed by atoms with van der Waals surface area (Å²) in [6.07, 6.45) is 0.924. The maximum absolute atomic E-state index is 9.12. The van der Waals surface area contributed by atoms with Crippen LogP contribution in [0.3, 0.4) is 0 Å². The van der Waals surface area contributed by atoms with Gasteiger partial charge in [0.05, 0.1) is 6.61 Å². The lowest BCUT2D eigenvalue weighted by molar-refractivity contribution is 0.0800. The molecule has 0 amide bonds. The van der Waals surface area contributed by atoms with Crippen molar-refractivity contribution in [1.82, 2.24) is 4.90 Å². The third-order valence-corrected chi connectivity index (χ3v) is 2.52. The van der Waals surface area contributed by atoms with Gasteiger partial charge in [0.15, 0.2) is 0 Å². The zero-order valence-corrected chi connectivity index (χ0v) is 8.25. The third kappa shape index (κ3) is 1.97. The van der Waals surface area contributed by atoms with Crippen LogP contribution >= 0.6 is 0 Å². The van der Waals surface area contributed by atoms with Crippen molar-refractivity contribution in [2.75, 3.05) is 13.2 Å². The Morgan fingerprint density at radius 1 is 1.50 bits per heavy atom. The fourth-order valence-electron chi connectivity index (χ4n) is 1.95. The molecule has 0 radical (unpaired) electrons. The van der Waals surface area contributed by atoms with Gasteiger partial charge in [0.25, 0.3) is 0 Å². The summed E-state index contributed by atoms with van der Waals surface area (Å²) < 4.78 is 0. The van der Waals surface area contributed by atoms with Gasteiger partial charge in [-0.2, -0.15) is 0 Å². The van der Waals surface area contributed by atoms with Gasteiger partial charge in [-0.1, -0.05) is 0 Å². The van der Waals surface area contributed by atoms with Gasteiger partial charge in [-0.15, -0.1) is 0 Å². The van der Waals surface area contributed by atoms with Gasteiger partial charge in [-0.3, -0.25) is 4.90 Å². The number of aliphatic hydroxyl groups is 1. The van der Waals surface area contributed by atoms with Crippen molar-refractivity contribution >= 4 is 0 Å². The highest BCUT2D eigenvalue weighted by atomic mass is 16.3. The molecule has 1 aliphatic rings. The van der Waals surface area contributed by atoms with E-state index in [1.54, 1.807) is 0 Å². The average molecular weight is 172 g/mol. The molecule has 0 bridgehead atoms. The summed E-state index contributed by atoms with van der Waals surface area (Å²) in [5.74, 6) is 0. The molecule has 3 nitrogen and oxygen atoms in total. The van der Waals surface area contributed by atoms with Crippen LogP contribution in [0.25, 0.3) is 0 Å². The Morgan fingerprint density at radius 3 is 2.42 bits per heavy atom. The van der Waals surface area contributed by atoms with E-state index in [1.807, 2.05) is 0 Å². The quantitative estimate of drug-likeness (QED) is 0.593. The van der Waals surface area contributed by atoms with Crippen molar-refractivity contribution in [1.29, 1.82) is 0 Å². The molecule has 0 aromatic rings. The van der Waals surface area contributed by atoms with E-state index in [9.17, 15) is 0 Å². The Balaban J connectivity index is 2.64. The molecule has 0 aliphatic carbocycles. The number of hydrogen-bond acceptors (Lipinski definition) is 3. The predicted molar refractivity (Wildman–Crippen MR) is 49.9 cm³/mol. The lowest BCUT2D eigenvalue weighted by Crippen LogP contribution is -2.46. The van der Waals surface area contributed by atoms with Gasteiger partial charge in [0, 0.05) is 24.2 Å². The smallest absolute Gasteiger partial charge is 0.0587 e. The molecule has 12 heavy (non-hydrogen) atoms. The molecular weight excluding hydrogens is 152 g/mol. The van der Waals surface area contributed by atoms with Gasteiger partial charge in [-0.25, -0.2) is 0 Å². The topological polar surface area (TPSA) is 49.5 Å². The largest absolute Gasteiger partial charge is 0.395 e. The standard InChI is InChI=1S/C9H20N2O/c1-9(2,3)11-5-7(10)4-8(11)6-12/h7-8,12H,4-6,10H2,1-3H3/t7-,8-/m0/s1. The minimum Gasteiger partial charge on any atom is -0.395 e. The van der Waals surface area contributed by atoms with Crippen LogP contribution in [-0.4, -0.2) is 40.8 Å². The predicted octanol–water partition coefficient (Wildman–Crippen LogP) is 0.179. The second-order valence-corrected chi connectivity index (χ2v) is 4.66. The van der Waals surface area contributed by atoms with Crippen LogP contribution < -0.4 is 5.73 Å². The van der Waals surface area contributed by atoms with Crippen molar-refractivity contribution in [3.05, 3.63) is 0 Å². The van der Waals surface area contributed by atoms with Crippen LogP contribution in [-0.2, 0) is 0 Å². The van der Waals surface area contributed by atoms with Crippen LogP contribution in [0.2, 0.25) is 0 Å². The molecule has 1 heterocycles. The minimum atomic E-state index is 0.127.